The minimum absolute atomic E-state index is 0.0291. The Labute approximate surface area is 155 Å². The molecule has 0 saturated heterocycles. The molecule has 2 rings (SSSR count). The van der Waals surface area contributed by atoms with Gasteiger partial charge in [-0.2, -0.15) is 0 Å². The Bertz CT molecular complexity index is 607. The zero-order valence-corrected chi connectivity index (χ0v) is 15.5. The molecule has 1 N–H and O–H groups in total. The van der Waals surface area contributed by atoms with E-state index < -0.39 is 0 Å². The van der Waals surface area contributed by atoms with Crippen molar-refractivity contribution in [2.75, 3.05) is 13.2 Å². The van der Waals surface area contributed by atoms with E-state index in [1.807, 2.05) is 30.3 Å². The van der Waals surface area contributed by atoms with Crippen LogP contribution in [0.3, 0.4) is 0 Å². The van der Waals surface area contributed by atoms with Gasteiger partial charge in [0.1, 0.15) is 17.3 Å². The normalized spacial score (nSPS) is 10.5. The number of rotatable bonds is 13. The van der Waals surface area contributed by atoms with Crippen LogP contribution in [-0.4, -0.2) is 19.1 Å². The lowest BCUT2D eigenvalue weighted by molar-refractivity contribution is -0.123. The zero-order chi connectivity index (χ0) is 18.5. The topological polar surface area (TPSA) is 60.7 Å². The van der Waals surface area contributed by atoms with Gasteiger partial charge in [-0.3, -0.25) is 4.79 Å². The average Bonchev–Trinajstić information content (AvgIpc) is 3.18. The lowest BCUT2D eigenvalue weighted by Crippen LogP contribution is -2.28. The van der Waals surface area contributed by atoms with Crippen LogP contribution in [0, 0.1) is 0 Å². The predicted octanol–water partition coefficient (Wildman–Crippen LogP) is 4.71. The largest absolute Gasteiger partial charge is 0.494 e. The fourth-order valence-electron chi connectivity index (χ4n) is 2.50. The summed E-state index contributed by atoms with van der Waals surface area (Å²) in [4.78, 5) is 11.7. The third-order valence-electron chi connectivity index (χ3n) is 4.00. The Morgan fingerprint density at radius 3 is 2.35 bits per heavy atom. The molecule has 5 heteroatoms. The van der Waals surface area contributed by atoms with E-state index in [1.54, 1.807) is 12.3 Å². The number of carbonyl (C=O) groups excluding carboxylic acids is 1. The van der Waals surface area contributed by atoms with Crippen molar-refractivity contribution in [3.05, 3.63) is 48.4 Å². The fraction of sp³-hybridized carbons (Fsp3) is 0.476. The number of benzene rings is 1. The van der Waals surface area contributed by atoms with E-state index in [1.165, 1.54) is 32.1 Å². The van der Waals surface area contributed by atoms with E-state index in [4.69, 9.17) is 13.9 Å². The van der Waals surface area contributed by atoms with Crippen molar-refractivity contribution in [2.24, 2.45) is 0 Å². The van der Waals surface area contributed by atoms with Crippen molar-refractivity contribution in [1.29, 1.82) is 0 Å². The van der Waals surface area contributed by atoms with Gasteiger partial charge in [0.05, 0.1) is 19.4 Å². The van der Waals surface area contributed by atoms with Crippen molar-refractivity contribution in [2.45, 2.75) is 52.0 Å². The van der Waals surface area contributed by atoms with Gasteiger partial charge in [0.25, 0.3) is 5.91 Å². The fourth-order valence-corrected chi connectivity index (χ4v) is 2.50. The van der Waals surface area contributed by atoms with Gasteiger partial charge in [-0.1, -0.05) is 39.0 Å². The van der Waals surface area contributed by atoms with E-state index in [2.05, 4.69) is 12.2 Å². The number of furan rings is 1. The molecule has 0 bridgehead atoms. The molecule has 1 aromatic heterocycles. The second kappa shape index (κ2) is 12.0. The van der Waals surface area contributed by atoms with E-state index in [0.29, 0.717) is 18.1 Å². The molecule has 1 amide bonds. The monoisotopic (exact) mass is 359 g/mol. The van der Waals surface area contributed by atoms with Crippen molar-refractivity contribution in [3.63, 3.8) is 0 Å². The van der Waals surface area contributed by atoms with Crippen LogP contribution in [0.1, 0.15) is 51.2 Å². The van der Waals surface area contributed by atoms with Gasteiger partial charge in [0, 0.05) is 0 Å². The number of ether oxygens (including phenoxy) is 2. The van der Waals surface area contributed by atoms with Crippen molar-refractivity contribution in [3.8, 4) is 11.5 Å². The summed E-state index contributed by atoms with van der Waals surface area (Å²) in [6.45, 7) is 3.30. The second-order valence-corrected chi connectivity index (χ2v) is 6.23. The molecule has 1 heterocycles. The first-order valence-electron chi connectivity index (χ1n) is 9.42. The SMILES string of the molecule is CCCCCCCCOc1ccc(OCC(=O)NCc2ccco2)cc1. The van der Waals surface area contributed by atoms with Crippen molar-refractivity contribution in [1.82, 2.24) is 5.32 Å². The number of carbonyl (C=O) groups is 1. The third kappa shape index (κ3) is 8.10. The molecule has 142 valence electrons. The highest BCUT2D eigenvalue weighted by molar-refractivity contribution is 5.77. The molecule has 0 spiro atoms. The molecule has 0 fully saturated rings. The number of amides is 1. The van der Waals surface area contributed by atoms with Crippen LogP contribution < -0.4 is 14.8 Å². The molecule has 0 aliphatic rings. The quantitative estimate of drug-likeness (QED) is 0.526. The molecule has 0 aliphatic heterocycles. The van der Waals surface area contributed by atoms with Crippen LogP contribution in [0.25, 0.3) is 0 Å². The van der Waals surface area contributed by atoms with E-state index >= 15 is 0 Å². The second-order valence-electron chi connectivity index (χ2n) is 6.23. The molecule has 0 atom stereocenters. The molecule has 5 nitrogen and oxygen atoms in total. The number of hydrogen-bond acceptors (Lipinski definition) is 4. The summed E-state index contributed by atoms with van der Waals surface area (Å²) in [5, 5.41) is 2.74. The average molecular weight is 359 g/mol. The Kier molecular flexibility index (Phi) is 9.19. The van der Waals surface area contributed by atoms with Gasteiger partial charge >= 0.3 is 0 Å². The number of hydrogen-bond donors (Lipinski definition) is 1. The standard InChI is InChI=1S/C21H29NO4/c1-2-3-4-5-6-7-14-24-18-10-12-19(13-11-18)26-17-21(23)22-16-20-9-8-15-25-20/h8-13,15H,2-7,14,16-17H2,1H3,(H,22,23). The van der Waals surface area contributed by atoms with Gasteiger partial charge in [-0.25, -0.2) is 0 Å². The van der Waals surface area contributed by atoms with Crippen LogP contribution in [0.4, 0.5) is 0 Å². The molecule has 0 unspecified atom stereocenters. The van der Waals surface area contributed by atoms with Gasteiger partial charge in [-0.05, 0) is 42.8 Å². The van der Waals surface area contributed by atoms with Crippen LogP contribution in [0.5, 0.6) is 11.5 Å². The van der Waals surface area contributed by atoms with Gasteiger partial charge < -0.3 is 19.2 Å². The highest BCUT2D eigenvalue weighted by Crippen LogP contribution is 2.18. The molecular formula is C21H29NO4. The molecule has 26 heavy (non-hydrogen) atoms. The molecule has 2 aromatic rings. The first-order valence-corrected chi connectivity index (χ1v) is 9.42. The lowest BCUT2D eigenvalue weighted by Gasteiger charge is -2.09. The third-order valence-corrected chi connectivity index (χ3v) is 4.00. The zero-order valence-electron chi connectivity index (χ0n) is 15.5. The maximum atomic E-state index is 11.7. The van der Waals surface area contributed by atoms with E-state index in [9.17, 15) is 4.79 Å². The Hall–Kier alpha value is -2.43. The summed E-state index contributed by atoms with van der Waals surface area (Å²) in [5.41, 5.74) is 0. The van der Waals surface area contributed by atoms with Crippen LogP contribution in [0.2, 0.25) is 0 Å². The Balaban J connectivity index is 1.57. The minimum atomic E-state index is -0.190. The van der Waals surface area contributed by atoms with E-state index in [-0.39, 0.29) is 12.5 Å². The summed E-state index contributed by atoms with van der Waals surface area (Å²) >= 11 is 0. The number of nitrogens with one attached hydrogen (secondary N) is 1. The molecular weight excluding hydrogens is 330 g/mol. The van der Waals surface area contributed by atoms with Crippen molar-refractivity contribution >= 4 is 5.91 Å². The van der Waals surface area contributed by atoms with Crippen LogP contribution in [0.15, 0.2) is 47.1 Å². The number of unbranched alkanes of at least 4 members (excludes halogenated alkanes) is 5. The first kappa shape index (κ1) is 19.9. The lowest BCUT2D eigenvalue weighted by atomic mass is 10.1. The summed E-state index contributed by atoms with van der Waals surface area (Å²) in [5.74, 6) is 1.99. The molecule has 0 aliphatic carbocycles. The smallest absolute Gasteiger partial charge is 0.258 e. The summed E-state index contributed by atoms with van der Waals surface area (Å²) in [7, 11) is 0. The summed E-state index contributed by atoms with van der Waals surface area (Å²) < 4.78 is 16.4. The molecule has 0 radical (unpaired) electrons. The Morgan fingerprint density at radius 1 is 0.962 bits per heavy atom. The Morgan fingerprint density at radius 2 is 1.65 bits per heavy atom. The van der Waals surface area contributed by atoms with Gasteiger partial charge in [0.15, 0.2) is 6.61 Å². The van der Waals surface area contributed by atoms with Crippen molar-refractivity contribution < 1.29 is 18.7 Å². The van der Waals surface area contributed by atoms with E-state index in [0.717, 1.165) is 18.8 Å². The highest BCUT2D eigenvalue weighted by Gasteiger charge is 2.04. The molecule has 0 saturated carbocycles. The maximum Gasteiger partial charge on any atom is 0.258 e. The van der Waals surface area contributed by atoms with Gasteiger partial charge in [0.2, 0.25) is 0 Å². The molecule has 1 aromatic carbocycles. The highest BCUT2D eigenvalue weighted by atomic mass is 16.5. The maximum absolute atomic E-state index is 11.7. The van der Waals surface area contributed by atoms with Crippen LogP contribution in [-0.2, 0) is 11.3 Å². The predicted molar refractivity (Wildman–Crippen MR) is 101 cm³/mol. The summed E-state index contributed by atoms with van der Waals surface area (Å²) in [6, 6.07) is 11.0. The summed E-state index contributed by atoms with van der Waals surface area (Å²) in [6.07, 6.45) is 9.07. The van der Waals surface area contributed by atoms with Crippen LogP contribution >= 0.6 is 0 Å². The van der Waals surface area contributed by atoms with Gasteiger partial charge in [-0.15, -0.1) is 0 Å². The minimum Gasteiger partial charge on any atom is -0.494 e. The first-order chi connectivity index (χ1) is 12.8.